The van der Waals surface area contributed by atoms with Gasteiger partial charge in [-0.15, -0.1) is 0 Å². The van der Waals surface area contributed by atoms with Crippen molar-refractivity contribution in [3.05, 3.63) is 55.6 Å². The molecule has 0 aliphatic carbocycles. The maximum atomic E-state index is 11.1. The smallest absolute Gasteiger partial charge is 0.341 e. The fraction of sp³-hybridized carbons (Fsp3) is 0. The minimum absolute atomic E-state index is 0.00904. The zero-order chi connectivity index (χ0) is 15.6. The number of carboxylic acids is 1. The van der Waals surface area contributed by atoms with E-state index in [1.165, 1.54) is 30.3 Å². The van der Waals surface area contributed by atoms with Crippen LogP contribution in [-0.4, -0.2) is 21.0 Å². The number of carbonyl (C=O) groups is 1. The zero-order valence-electron chi connectivity index (χ0n) is 10.1. The highest BCUT2D eigenvalue weighted by Crippen LogP contribution is 2.34. The number of ether oxygens (including phenoxy) is 1. The molecular formula is C12H6BrClN2O5. The Balaban J connectivity index is 2.50. The monoisotopic (exact) mass is 372 g/mol. The van der Waals surface area contributed by atoms with Gasteiger partial charge in [-0.3, -0.25) is 10.1 Å². The Hall–Kier alpha value is -2.19. The summed E-state index contributed by atoms with van der Waals surface area (Å²) in [5.74, 6) is -1.74. The second-order valence-corrected chi connectivity index (χ2v) is 5.07. The molecule has 7 nitrogen and oxygen atoms in total. The maximum Gasteiger partial charge on any atom is 0.341 e. The zero-order valence-corrected chi connectivity index (χ0v) is 12.5. The van der Waals surface area contributed by atoms with E-state index in [0.29, 0.717) is 4.47 Å². The topological polar surface area (TPSA) is 103 Å². The SMILES string of the molecule is O=C(O)c1ccc(Cl)nc1Oc1ccc(Br)cc1[N+](=O)[O-]. The quantitative estimate of drug-likeness (QED) is 0.495. The van der Waals surface area contributed by atoms with Gasteiger partial charge in [0.25, 0.3) is 0 Å². The van der Waals surface area contributed by atoms with E-state index in [1.54, 1.807) is 0 Å². The standard InChI is InChI=1S/C12H6BrClN2O5/c13-6-1-3-9(8(5-6)16(19)20)21-11-7(12(17)18)2-4-10(14)15-11/h1-5H,(H,17,18). The van der Waals surface area contributed by atoms with Crippen molar-refractivity contribution in [3.63, 3.8) is 0 Å². The van der Waals surface area contributed by atoms with Crippen molar-refractivity contribution < 1.29 is 19.6 Å². The van der Waals surface area contributed by atoms with Gasteiger partial charge in [0.2, 0.25) is 11.6 Å². The Morgan fingerprint density at radius 3 is 2.71 bits per heavy atom. The fourth-order valence-corrected chi connectivity index (χ4v) is 1.97. The van der Waals surface area contributed by atoms with Crippen molar-refractivity contribution in [1.29, 1.82) is 0 Å². The molecule has 1 aromatic heterocycles. The molecule has 21 heavy (non-hydrogen) atoms. The molecule has 0 unspecified atom stereocenters. The molecular weight excluding hydrogens is 367 g/mol. The average molecular weight is 374 g/mol. The number of aromatic nitrogens is 1. The van der Waals surface area contributed by atoms with Crippen LogP contribution in [0.3, 0.4) is 0 Å². The highest BCUT2D eigenvalue weighted by atomic mass is 79.9. The van der Waals surface area contributed by atoms with E-state index in [2.05, 4.69) is 20.9 Å². The molecule has 2 aromatic rings. The van der Waals surface area contributed by atoms with Crippen LogP contribution in [0.15, 0.2) is 34.8 Å². The summed E-state index contributed by atoms with van der Waals surface area (Å²) in [5, 5.41) is 20.1. The Kier molecular flexibility index (Phi) is 4.39. The van der Waals surface area contributed by atoms with Crippen LogP contribution in [0.2, 0.25) is 5.15 Å². The molecule has 0 amide bonds. The lowest BCUT2D eigenvalue weighted by molar-refractivity contribution is -0.385. The third kappa shape index (κ3) is 3.47. The molecule has 0 bridgehead atoms. The first-order valence-corrected chi connectivity index (χ1v) is 6.57. The number of hydrogen-bond acceptors (Lipinski definition) is 5. The van der Waals surface area contributed by atoms with Crippen molar-refractivity contribution >= 4 is 39.2 Å². The predicted octanol–water partition coefficient (Wildman–Crippen LogP) is 3.90. The van der Waals surface area contributed by atoms with Gasteiger partial charge in [0.05, 0.1) is 4.92 Å². The first-order valence-electron chi connectivity index (χ1n) is 5.40. The van der Waals surface area contributed by atoms with Crippen molar-refractivity contribution in [2.24, 2.45) is 0 Å². The molecule has 0 aliphatic rings. The lowest BCUT2D eigenvalue weighted by Crippen LogP contribution is -2.03. The van der Waals surface area contributed by atoms with Gasteiger partial charge in [0, 0.05) is 10.5 Å². The van der Waals surface area contributed by atoms with Crippen molar-refractivity contribution in [2.45, 2.75) is 0 Å². The lowest BCUT2D eigenvalue weighted by atomic mass is 10.2. The number of nitro groups is 1. The van der Waals surface area contributed by atoms with Crippen LogP contribution in [0.5, 0.6) is 11.6 Å². The van der Waals surface area contributed by atoms with Gasteiger partial charge in [-0.2, -0.15) is 0 Å². The van der Waals surface area contributed by atoms with Crippen molar-refractivity contribution in [1.82, 2.24) is 4.98 Å². The van der Waals surface area contributed by atoms with Crippen LogP contribution in [0.4, 0.5) is 5.69 Å². The summed E-state index contributed by atoms with van der Waals surface area (Å²) in [5.41, 5.74) is -0.584. The minimum atomic E-state index is -1.28. The first kappa shape index (κ1) is 15.2. The highest BCUT2D eigenvalue weighted by molar-refractivity contribution is 9.10. The number of hydrogen-bond donors (Lipinski definition) is 1. The molecule has 1 heterocycles. The van der Waals surface area contributed by atoms with Crippen molar-refractivity contribution in [2.75, 3.05) is 0 Å². The summed E-state index contributed by atoms with van der Waals surface area (Å²) >= 11 is 8.80. The minimum Gasteiger partial charge on any atom is -0.477 e. The second-order valence-electron chi connectivity index (χ2n) is 3.76. The summed E-state index contributed by atoms with van der Waals surface area (Å²) in [6.45, 7) is 0. The fourth-order valence-electron chi connectivity index (χ4n) is 1.48. The Bertz CT molecular complexity index is 738. The van der Waals surface area contributed by atoms with E-state index < -0.39 is 10.9 Å². The molecule has 108 valence electrons. The van der Waals surface area contributed by atoms with Gasteiger partial charge in [0.15, 0.2) is 0 Å². The van der Waals surface area contributed by atoms with E-state index in [0.717, 1.165) is 0 Å². The van der Waals surface area contributed by atoms with Gasteiger partial charge in [0.1, 0.15) is 10.7 Å². The van der Waals surface area contributed by atoms with E-state index in [1.807, 2.05) is 0 Å². The summed E-state index contributed by atoms with van der Waals surface area (Å²) in [4.78, 5) is 25.2. The van der Waals surface area contributed by atoms with Gasteiger partial charge < -0.3 is 9.84 Å². The molecule has 0 spiro atoms. The molecule has 2 rings (SSSR count). The van der Waals surface area contributed by atoms with Gasteiger partial charge in [-0.05, 0) is 24.3 Å². The Labute approximate surface area is 131 Å². The van der Waals surface area contributed by atoms with Crippen molar-refractivity contribution in [3.8, 4) is 11.6 Å². The van der Waals surface area contributed by atoms with Crippen LogP contribution >= 0.6 is 27.5 Å². The average Bonchev–Trinajstić information content (AvgIpc) is 2.40. The molecule has 0 radical (unpaired) electrons. The van der Waals surface area contributed by atoms with Crippen LogP contribution in [0, 0.1) is 10.1 Å². The summed E-state index contributed by atoms with van der Waals surface area (Å²) in [6.07, 6.45) is 0. The molecule has 0 aliphatic heterocycles. The van der Waals surface area contributed by atoms with Gasteiger partial charge >= 0.3 is 11.7 Å². The van der Waals surface area contributed by atoms with Gasteiger partial charge in [-0.1, -0.05) is 27.5 Å². The van der Waals surface area contributed by atoms with Crippen LogP contribution in [0.25, 0.3) is 0 Å². The maximum absolute atomic E-state index is 11.1. The first-order chi connectivity index (χ1) is 9.88. The number of carboxylic acid groups (broad SMARTS) is 1. The summed E-state index contributed by atoms with van der Waals surface area (Å²) in [7, 11) is 0. The number of nitrogens with zero attached hydrogens (tertiary/aromatic N) is 2. The normalized spacial score (nSPS) is 10.2. The number of nitro benzene ring substituents is 1. The number of pyridine rings is 1. The van der Waals surface area contributed by atoms with E-state index in [9.17, 15) is 14.9 Å². The van der Waals surface area contributed by atoms with Crippen LogP contribution < -0.4 is 4.74 Å². The molecule has 0 fully saturated rings. The Morgan fingerprint density at radius 1 is 1.38 bits per heavy atom. The largest absolute Gasteiger partial charge is 0.477 e. The number of rotatable bonds is 4. The van der Waals surface area contributed by atoms with E-state index in [-0.39, 0.29) is 28.0 Å². The molecule has 0 saturated carbocycles. The summed E-state index contributed by atoms with van der Waals surface area (Å²) in [6, 6.07) is 6.58. The predicted molar refractivity (Wildman–Crippen MR) is 77.1 cm³/mol. The van der Waals surface area contributed by atoms with Crippen LogP contribution in [-0.2, 0) is 0 Å². The second kappa shape index (κ2) is 6.06. The number of aromatic carboxylic acids is 1. The lowest BCUT2D eigenvalue weighted by Gasteiger charge is -2.08. The van der Waals surface area contributed by atoms with E-state index >= 15 is 0 Å². The molecule has 1 aromatic carbocycles. The summed E-state index contributed by atoms with van der Waals surface area (Å²) < 4.78 is 5.75. The molecule has 1 N–H and O–H groups in total. The number of benzene rings is 1. The van der Waals surface area contributed by atoms with Crippen LogP contribution in [0.1, 0.15) is 10.4 Å². The number of halogens is 2. The Morgan fingerprint density at radius 2 is 2.10 bits per heavy atom. The molecule has 0 atom stereocenters. The molecule has 0 saturated heterocycles. The highest BCUT2D eigenvalue weighted by Gasteiger charge is 2.20. The van der Waals surface area contributed by atoms with E-state index in [4.69, 9.17) is 21.4 Å². The third-order valence-electron chi connectivity index (χ3n) is 2.38. The third-order valence-corrected chi connectivity index (χ3v) is 3.08. The molecule has 9 heteroatoms. The van der Waals surface area contributed by atoms with Gasteiger partial charge in [-0.25, -0.2) is 9.78 Å².